The fourth-order valence-electron chi connectivity index (χ4n) is 1.92. The number of alkyl halides is 1. The summed E-state index contributed by atoms with van der Waals surface area (Å²) in [4.78, 5) is 24.8. The first-order valence-electron chi connectivity index (χ1n) is 5.24. The second kappa shape index (κ2) is 4.67. The predicted octanol–water partition coefficient (Wildman–Crippen LogP) is 2.89. The van der Waals surface area contributed by atoms with Gasteiger partial charge in [-0.1, -0.05) is 11.6 Å². The molecule has 0 radical (unpaired) electrons. The summed E-state index contributed by atoms with van der Waals surface area (Å²) in [7, 11) is 0. The molecule has 2 rings (SSSR count). The van der Waals surface area contributed by atoms with Crippen molar-refractivity contribution in [2.75, 3.05) is 11.4 Å². The second-order valence-electron chi connectivity index (χ2n) is 4.02. The number of halogens is 2. The summed E-state index contributed by atoms with van der Waals surface area (Å²) in [5, 5.41) is 0.283. The molecule has 1 amide bonds. The average Bonchev–Trinajstić information content (AvgIpc) is 2.57. The highest BCUT2D eigenvalue weighted by molar-refractivity contribution is 6.31. The highest BCUT2D eigenvalue weighted by Crippen LogP contribution is 2.29. The Kier molecular flexibility index (Phi) is 3.40. The second-order valence-corrected chi connectivity index (χ2v) is 5.08. The topological polar surface area (TPSA) is 37.4 Å². The van der Waals surface area contributed by atoms with E-state index in [0.29, 0.717) is 29.2 Å². The number of ketones is 1. The number of Topliss-reactive ketones (excluding diaryl/α,β-unsaturated/α-hetero) is 1. The third kappa shape index (κ3) is 2.45. The maximum Gasteiger partial charge on any atom is 0.228 e. The van der Waals surface area contributed by atoms with Gasteiger partial charge < -0.3 is 4.90 Å². The van der Waals surface area contributed by atoms with Gasteiger partial charge in [-0.25, -0.2) is 0 Å². The van der Waals surface area contributed by atoms with Crippen LogP contribution >= 0.6 is 23.2 Å². The molecule has 0 aliphatic carbocycles. The van der Waals surface area contributed by atoms with E-state index in [1.807, 2.05) is 0 Å². The van der Waals surface area contributed by atoms with Crippen LogP contribution in [0.15, 0.2) is 18.2 Å². The van der Waals surface area contributed by atoms with Gasteiger partial charge in [0, 0.05) is 23.6 Å². The molecule has 90 valence electrons. The van der Waals surface area contributed by atoms with E-state index in [1.165, 1.54) is 6.92 Å². The van der Waals surface area contributed by atoms with Crippen LogP contribution in [0.4, 0.5) is 5.69 Å². The van der Waals surface area contributed by atoms with Crippen molar-refractivity contribution >= 4 is 40.6 Å². The molecule has 0 saturated carbocycles. The molecule has 0 N–H and O–H groups in total. The molecule has 1 aliphatic heterocycles. The Balaban J connectivity index is 2.45. The molecule has 1 atom stereocenters. The van der Waals surface area contributed by atoms with Crippen LogP contribution < -0.4 is 4.90 Å². The number of carbonyl (C=O) groups excluding carboxylic acids is 2. The Bertz CT molecular complexity index is 487. The van der Waals surface area contributed by atoms with Crippen LogP contribution in [0.2, 0.25) is 5.02 Å². The molecule has 1 aromatic rings. The first kappa shape index (κ1) is 12.4. The zero-order chi connectivity index (χ0) is 12.6. The number of anilines is 1. The van der Waals surface area contributed by atoms with Crippen LogP contribution in [0, 0.1) is 0 Å². The SMILES string of the molecule is CC(=O)c1cc(Cl)ccc1N1CC(Cl)CC1=O. The third-order valence-electron chi connectivity index (χ3n) is 2.71. The quantitative estimate of drug-likeness (QED) is 0.613. The van der Waals surface area contributed by atoms with Gasteiger partial charge in [-0.05, 0) is 25.1 Å². The van der Waals surface area contributed by atoms with Crippen molar-refractivity contribution in [1.29, 1.82) is 0 Å². The van der Waals surface area contributed by atoms with Crippen molar-refractivity contribution in [3.63, 3.8) is 0 Å². The smallest absolute Gasteiger partial charge is 0.228 e. The van der Waals surface area contributed by atoms with Crippen LogP contribution in [-0.2, 0) is 4.79 Å². The normalized spacial score (nSPS) is 19.8. The van der Waals surface area contributed by atoms with Crippen LogP contribution in [0.3, 0.4) is 0 Å². The summed E-state index contributed by atoms with van der Waals surface area (Å²) in [5.41, 5.74) is 1.05. The monoisotopic (exact) mass is 271 g/mol. The van der Waals surface area contributed by atoms with Crippen LogP contribution in [-0.4, -0.2) is 23.6 Å². The number of hydrogen-bond donors (Lipinski definition) is 0. The molecule has 1 fully saturated rings. The van der Waals surface area contributed by atoms with Crippen LogP contribution in [0.5, 0.6) is 0 Å². The van der Waals surface area contributed by atoms with Gasteiger partial charge in [0.15, 0.2) is 5.78 Å². The van der Waals surface area contributed by atoms with E-state index in [9.17, 15) is 9.59 Å². The summed E-state index contributed by atoms with van der Waals surface area (Å²) in [6.45, 7) is 1.89. The Morgan fingerprint density at radius 2 is 2.18 bits per heavy atom. The zero-order valence-electron chi connectivity index (χ0n) is 9.24. The van der Waals surface area contributed by atoms with Gasteiger partial charge in [-0.2, -0.15) is 0 Å². The summed E-state index contributed by atoms with van der Waals surface area (Å²) < 4.78 is 0. The Morgan fingerprint density at radius 1 is 1.47 bits per heavy atom. The molecular weight excluding hydrogens is 261 g/mol. The van der Waals surface area contributed by atoms with Gasteiger partial charge in [0.1, 0.15) is 0 Å². The summed E-state index contributed by atoms with van der Waals surface area (Å²) >= 11 is 11.8. The lowest BCUT2D eigenvalue weighted by atomic mass is 10.1. The minimum atomic E-state index is -0.196. The highest BCUT2D eigenvalue weighted by Gasteiger charge is 2.31. The maximum atomic E-state index is 11.7. The minimum absolute atomic E-state index is 0.0603. The molecular formula is C12H11Cl2NO2. The number of amides is 1. The lowest BCUT2D eigenvalue weighted by Gasteiger charge is -2.19. The van der Waals surface area contributed by atoms with Crippen molar-refractivity contribution in [1.82, 2.24) is 0 Å². The molecule has 0 bridgehead atoms. The van der Waals surface area contributed by atoms with E-state index >= 15 is 0 Å². The summed E-state index contributed by atoms with van der Waals surface area (Å²) in [6.07, 6.45) is 0.307. The lowest BCUT2D eigenvalue weighted by molar-refractivity contribution is -0.117. The standard InChI is InChI=1S/C12H11Cl2NO2/c1-7(16)10-4-8(13)2-3-11(10)15-6-9(14)5-12(15)17/h2-4,9H,5-6H2,1H3. The van der Waals surface area contributed by atoms with Gasteiger partial charge in [-0.15, -0.1) is 11.6 Å². The Morgan fingerprint density at radius 3 is 2.71 bits per heavy atom. The first-order valence-corrected chi connectivity index (χ1v) is 6.05. The van der Waals surface area contributed by atoms with Crippen molar-refractivity contribution in [2.45, 2.75) is 18.7 Å². The van der Waals surface area contributed by atoms with Crippen molar-refractivity contribution in [3.05, 3.63) is 28.8 Å². The van der Waals surface area contributed by atoms with Crippen LogP contribution in [0.25, 0.3) is 0 Å². The minimum Gasteiger partial charge on any atom is -0.310 e. The number of benzene rings is 1. The largest absolute Gasteiger partial charge is 0.310 e. The molecule has 17 heavy (non-hydrogen) atoms. The maximum absolute atomic E-state index is 11.7. The van der Waals surface area contributed by atoms with E-state index in [-0.39, 0.29) is 17.1 Å². The number of carbonyl (C=O) groups is 2. The van der Waals surface area contributed by atoms with E-state index < -0.39 is 0 Å². The van der Waals surface area contributed by atoms with E-state index in [4.69, 9.17) is 23.2 Å². The van der Waals surface area contributed by atoms with E-state index in [2.05, 4.69) is 0 Å². The predicted molar refractivity (Wildman–Crippen MR) is 68.1 cm³/mol. The fraction of sp³-hybridized carbons (Fsp3) is 0.333. The molecule has 5 heteroatoms. The molecule has 1 aliphatic rings. The van der Waals surface area contributed by atoms with Crippen LogP contribution in [0.1, 0.15) is 23.7 Å². The average molecular weight is 272 g/mol. The van der Waals surface area contributed by atoms with E-state index in [1.54, 1.807) is 23.1 Å². The van der Waals surface area contributed by atoms with Gasteiger partial charge in [0.25, 0.3) is 0 Å². The molecule has 1 saturated heterocycles. The fourth-order valence-corrected chi connectivity index (χ4v) is 2.36. The summed E-state index contributed by atoms with van der Waals surface area (Å²) in [6, 6.07) is 4.93. The molecule has 1 unspecified atom stereocenters. The summed E-state index contributed by atoms with van der Waals surface area (Å²) in [5.74, 6) is -0.178. The highest BCUT2D eigenvalue weighted by atomic mass is 35.5. The van der Waals surface area contributed by atoms with E-state index in [0.717, 1.165) is 0 Å². The van der Waals surface area contributed by atoms with Gasteiger partial charge in [-0.3, -0.25) is 9.59 Å². The lowest BCUT2D eigenvalue weighted by Crippen LogP contribution is -2.26. The molecule has 1 aromatic carbocycles. The number of rotatable bonds is 2. The van der Waals surface area contributed by atoms with Crippen molar-refractivity contribution in [2.24, 2.45) is 0 Å². The zero-order valence-corrected chi connectivity index (χ0v) is 10.8. The third-order valence-corrected chi connectivity index (χ3v) is 3.23. The van der Waals surface area contributed by atoms with Gasteiger partial charge in [0.05, 0.1) is 11.1 Å². The Labute approximate surface area is 109 Å². The molecule has 0 spiro atoms. The van der Waals surface area contributed by atoms with Crippen molar-refractivity contribution < 1.29 is 9.59 Å². The van der Waals surface area contributed by atoms with Crippen molar-refractivity contribution in [3.8, 4) is 0 Å². The van der Waals surface area contributed by atoms with Gasteiger partial charge >= 0.3 is 0 Å². The molecule has 1 heterocycles. The Hall–Kier alpha value is -1.06. The first-order chi connectivity index (χ1) is 7.99. The number of nitrogens with zero attached hydrogens (tertiary/aromatic N) is 1. The molecule has 0 aromatic heterocycles. The van der Waals surface area contributed by atoms with Gasteiger partial charge in [0.2, 0.25) is 5.91 Å². The molecule has 3 nitrogen and oxygen atoms in total. The number of hydrogen-bond acceptors (Lipinski definition) is 2.